The van der Waals surface area contributed by atoms with E-state index in [9.17, 15) is 0 Å². The van der Waals surface area contributed by atoms with Gasteiger partial charge in [0.15, 0.2) is 11.7 Å². The lowest BCUT2D eigenvalue weighted by Gasteiger charge is -2.05. The smallest absolute Gasteiger partial charge is 0.196 e. The molecule has 0 aliphatic rings. The van der Waals surface area contributed by atoms with E-state index >= 15 is 0 Å². The average Bonchev–Trinajstić information content (AvgIpc) is 2.87. The zero-order chi connectivity index (χ0) is 13.1. The molecule has 0 aliphatic carbocycles. The maximum atomic E-state index is 5.74. The Bertz CT molecular complexity index is 502. The molecule has 0 aliphatic heterocycles. The van der Waals surface area contributed by atoms with Gasteiger partial charge in [-0.3, -0.25) is 0 Å². The zero-order valence-electron chi connectivity index (χ0n) is 10.2. The number of nitrogens with one attached hydrogen (secondary N) is 1. The predicted molar refractivity (Wildman–Crippen MR) is 82.1 cm³/mol. The van der Waals surface area contributed by atoms with E-state index in [1.807, 2.05) is 6.07 Å². The Morgan fingerprint density at radius 1 is 1.44 bits per heavy atom. The second-order valence-corrected chi connectivity index (χ2v) is 7.43. The normalized spacial score (nSPS) is 11.4. The van der Waals surface area contributed by atoms with Crippen LogP contribution in [-0.2, 0) is 6.42 Å². The van der Waals surface area contributed by atoms with Gasteiger partial charge in [0.1, 0.15) is 0 Å². The van der Waals surface area contributed by atoms with Crippen LogP contribution in [0.25, 0.3) is 10.6 Å². The van der Waals surface area contributed by atoms with Crippen molar-refractivity contribution in [2.45, 2.75) is 26.3 Å². The lowest BCUT2D eigenvalue weighted by atomic mass is 10.3. The van der Waals surface area contributed by atoms with E-state index in [1.165, 1.54) is 0 Å². The lowest BCUT2D eigenvalue weighted by molar-refractivity contribution is 0.485. The predicted octanol–water partition coefficient (Wildman–Crippen LogP) is 4.47. The van der Waals surface area contributed by atoms with Crippen LogP contribution in [0.2, 0.25) is 0 Å². The maximum absolute atomic E-state index is 5.74. The molecule has 0 fully saturated rings. The van der Waals surface area contributed by atoms with Crippen LogP contribution < -0.4 is 5.32 Å². The Morgan fingerprint density at radius 2 is 2.22 bits per heavy atom. The maximum Gasteiger partial charge on any atom is 0.196 e. The highest BCUT2D eigenvalue weighted by molar-refractivity contribution is 9.13. The van der Waals surface area contributed by atoms with Crippen LogP contribution in [-0.4, -0.2) is 17.6 Å². The number of hydrogen-bond acceptors (Lipinski definition) is 4. The van der Waals surface area contributed by atoms with Crippen molar-refractivity contribution in [3.8, 4) is 10.6 Å². The summed E-state index contributed by atoms with van der Waals surface area (Å²) in [5, 5.41) is 3.34. The zero-order valence-corrected chi connectivity index (χ0v) is 14.2. The monoisotopic (exact) mass is 392 g/mol. The van der Waals surface area contributed by atoms with Crippen molar-refractivity contribution in [2.75, 3.05) is 6.54 Å². The number of thiophene rings is 1. The first-order valence-electron chi connectivity index (χ1n) is 5.69. The van der Waals surface area contributed by atoms with Crippen LogP contribution in [0.3, 0.4) is 0 Å². The topological polar surface area (TPSA) is 38.1 Å². The van der Waals surface area contributed by atoms with Gasteiger partial charge in [-0.2, -0.15) is 0 Å². The van der Waals surface area contributed by atoms with E-state index in [2.05, 4.69) is 56.0 Å². The molecule has 1 N–H and O–H groups in total. The fourth-order valence-electron chi connectivity index (χ4n) is 1.48. The summed E-state index contributed by atoms with van der Waals surface area (Å²) < 4.78 is 7.85. The molecule has 6 heteroatoms. The van der Waals surface area contributed by atoms with Crippen molar-refractivity contribution in [3.05, 3.63) is 26.4 Å². The van der Waals surface area contributed by atoms with E-state index in [4.69, 9.17) is 4.42 Å². The standard InChI is InChI=1S/C12H14Br2N2OS/c1-7(2)15-4-3-11-16-6-9(17-11)10-5-8(13)12(14)18-10/h5-7,15H,3-4H2,1-2H3. The van der Waals surface area contributed by atoms with E-state index in [0.717, 1.165) is 37.8 Å². The highest BCUT2D eigenvalue weighted by atomic mass is 79.9. The second-order valence-electron chi connectivity index (χ2n) is 4.21. The molecular weight excluding hydrogens is 380 g/mol. The number of oxazole rings is 1. The Balaban J connectivity index is 2.01. The Hall–Kier alpha value is -0.170. The van der Waals surface area contributed by atoms with Crippen LogP contribution in [0, 0.1) is 0 Å². The van der Waals surface area contributed by atoms with Gasteiger partial charge in [-0.15, -0.1) is 11.3 Å². The van der Waals surface area contributed by atoms with Crippen molar-refractivity contribution >= 4 is 43.2 Å². The van der Waals surface area contributed by atoms with Crippen LogP contribution in [0.4, 0.5) is 0 Å². The van der Waals surface area contributed by atoms with Crippen molar-refractivity contribution in [1.29, 1.82) is 0 Å². The van der Waals surface area contributed by atoms with Crippen LogP contribution in [0.1, 0.15) is 19.7 Å². The van der Waals surface area contributed by atoms with Crippen molar-refractivity contribution < 1.29 is 4.42 Å². The van der Waals surface area contributed by atoms with Crippen molar-refractivity contribution in [1.82, 2.24) is 10.3 Å². The van der Waals surface area contributed by atoms with Gasteiger partial charge in [-0.05, 0) is 37.9 Å². The molecule has 2 heterocycles. The summed E-state index contributed by atoms with van der Waals surface area (Å²) in [7, 11) is 0. The average molecular weight is 394 g/mol. The molecule has 0 saturated carbocycles. The third kappa shape index (κ3) is 3.66. The molecule has 2 rings (SSSR count). The molecule has 0 saturated heterocycles. The van der Waals surface area contributed by atoms with Crippen molar-refractivity contribution in [3.63, 3.8) is 0 Å². The Morgan fingerprint density at radius 3 is 2.83 bits per heavy atom. The van der Waals surface area contributed by atoms with E-state index in [1.54, 1.807) is 17.5 Å². The summed E-state index contributed by atoms with van der Waals surface area (Å²) in [6.07, 6.45) is 2.60. The van der Waals surface area contributed by atoms with E-state index < -0.39 is 0 Å². The van der Waals surface area contributed by atoms with Gasteiger partial charge in [-0.25, -0.2) is 4.98 Å². The summed E-state index contributed by atoms with van der Waals surface area (Å²) in [6, 6.07) is 2.52. The van der Waals surface area contributed by atoms with Crippen LogP contribution in [0.5, 0.6) is 0 Å². The number of nitrogens with zero attached hydrogens (tertiary/aromatic N) is 1. The third-order valence-electron chi connectivity index (χ3n) is 2.33. The van der Waals surface area contributed by atoms with Gasteiger partial charge in [0, 0.05) is 23.5 Å². The summed E-state index contributed by atoms with van der Waals surface area (Å²) in [5.74, 6) is 1.60. The Kier molecular flexibility index (Phi) is 5.00. The minimum atomic E-state index is 0.489. The van der Waals surface area contributed by atoms with Gasteiger partial charge in [0.05, 0.1) is 14.9 Å². The van der Waals surface area contributed by atoms with Gasteiger partial charge in [0.2, 0.25) is 0 Å². The van der Waals surface area contributed by atoms with Gasteiger partial charge >= 0.3 is 0 Å². The van der Waals surface area contributed by atoms with Crippen LogP contribution >= 0.6 is 43.2 Å². The first-order valence-corrected chi connectivity index (χ1v) is 8.10. The lowest BCUT2D eigenvalue weighted by Crippen LogP contribution is -2.24. The van der Waals surface area contributed by atoms with Gasteiger partial charge in [0.25, 0.3) is 0 Å². The summed E-state index contributed by atoms with van der Waals surface area (Å²) in [6.45, 7) is 5.14. The number of hydrogen-bond donors (Lipinski definition) is 1. The highest BCUT2D eigenvalue weighted by Crippen LogP contribution is 2.38. The first kappa shape index (κ1) is 14.2. The molecule has 0 atom stereocenters. The molecule has 0 amide bonds. The molecule has 0 spiro atoms. The van der Waals surface area contributed by atoms with E-state index in [-0.39, 0.29) is 0 Å². The minimum absolute atomic E-state index is 0.489. The molecule has 0 radical (unpaired) electrons. The van der Waals surface area contributed by atoms with Crippen LogP contribution in [0.15, 0.2) is 24.9 Å². The fraction of sp³-hybridized carbons (Fsp3) is 0.417. The number of halogens is 2. The largest absolute Gasteiger partial charge is 0.440 e. The van der Waals surface area contributed by atoms with Crippen molar-refractivity contribution in [2.24, 2.45) is 0 Å². The SMILES string of the molecule is CC(C)NCCc1ncc(-c2cc(Br)c(Br)s2)o1. The minimum Gasteiger partial charge on any atom is -0.440 e. The van der Waals surface area contributed by atoms with Gasteiger partial charge in [-0.1, -0.05) is 13.8 Å². The first-order chi connectivity index (χ1) is 8.56. The summed E-state index contributed by atoms with van der Waals surface area (Å²) >= 11 is 8.58. The second kappa shape index (κ2) is 6.32. The Labute approximate surface area is 127 Å². The molecular formula is C12H14Br2N2OS. The molecule has 18 heavy (non-hydrogen) atoms. The van der Waals surface area contributed by atoms with Gasteiger partial charge < -0.3 is 9.73 Å². The molecule has 0 aromatic carbocycles. The quantitative estimate of drug-likeness (QED) is 0.814. The van der Waals surface area contributed by atoms with E-state index in [0.29, 0.717) is 6.04 Å². The molecule has 3 nitrogen and oxygen atoms in total. The molecule has 2 aromatic heterocycles. The summed E-state index contributed by atoms with van der Waals surface area (Å²) in [5.41, 5.74) is 0. The highest BCUT2D eigenvalue weighted by Gasteiger charge is 2.11. The molecule has 2 aromatic rings. The molecule has 0 unspecified atom stereocenters. The fourth-order valence-corrected chi connectivity index (χ4v) is 3.46. The number of rotatable bonds is 5. The molecule has 98 valence electrons. The molecule has 0 bridgehead atoms. The third-order valence-corrected chi connectivity index (χ3v) is 5.60. The summed E-state index contributed by atoms with van der Waals surface area (Å²) in [4.78, 5) is 5.37. The number of aromatic nitrogens is 1.